The highest BCUT2D eigenvalue weighted by Crippen LogP contribution is 2.26. The monoisotopic (exact) mass is 371 g/mol. The third kappa shape index (κ3) is 4.90. The molecule has 106 valence electrons. The predicted molar refractivity (Wildman–Crippen MR) is 70.6 cm³/mol. The third-order valence-corrected chi connectivity index (χ3v) is 5.64. The van der Waals surface area contributed by atoms with Gasteiger partial charge in [0, 0.05) is 6.42 Å². The molecule has 1 aromatic rings. The van der Waals surface area contributed by atoms with E-state index in [0.717, 1.165) is 11.3 Å². The summed E-state index contributed by atoms with van der Waals surface area (Å²) in [5.74, 6) is -2.61. The van der Waals surface area contributed by atoms with Gasteiger partial charge in [-0.1, -0.05) is 0 Å². The van der Waals surface area contributed by atoms with Crippen molar-refractivity contribution in [3.63, 3.8) is 0 Å². The second-order valence-corrected chi connectivity index (χ2v) is 7.91. The fraction of sp³-hybridized carbons (Fsp3) is 0.333. The zero-order valence-electron chi connectivity index (χ0n) is 9.37. The molecule has 0 aliphatic heterocycles. The maximum atomic E-state index is 11.9. The average molecular weight is 372 g/mol. The molecule has 0 saturated carbocycles. The summed E-state index contributed by atoms with van der Waals surface area (Å²) in [5, 5.41) is 17.4. The number of aliphatic carboxylic acids is 2. The molecule has 0 bridgehead atoms. The quantitative estimate of drug-likeness (QED) is 0.659. The summed E-state index contributed by atoms with van der Waals surface area (Å²) in [7, 11) is -3.97. The van der Waals surface area contributed by atoms with E-state index in [0.29, 0.717) is 3.79 Å². The minimum absolute atomic E-state index is 0.0408. The molecular weight excluding hydrogens is 362 g/mol. The molecular formula is C9H10BrNO6S2. The summed E-state index contributed by atoms with van der Waals surface area (Å²) in [6.07, 6.45) is -0.760. The Balaban J connectivity index is 2.84. The lowest BCUT2D eigenvalue weighted by Gasteiger charge is -2.12. The Labute approximate surface area is 121 Å². The second-order valence-electron chi connectivity index (χ2n) is 3.50. The molecule has 19 heavy (non-hydrogen) atoms. The number of hydrogen-bond donors (Lipinski definition) is 3. The highest BCUT2D eigenvalue weighted by molar-refractivity contribution is 9.11. The lowest BCUT2D eigenvalue weighted by atomic mass is 10.2. The number of hydrogen-bond acceptors (Lipinski definition) is 5. The van der Waals surface area contributed by atoms with E-state index in [4.69, 9.17) is 10.2 Å². The highest BCUT2D eigenvalue weighted by atomic mass is 79.9. The minimum atomic E-state index is -3.97. The molecule has 1 atom stereocenters. The Bertz CT molecular complexity index is 581. The fourth-order valence-corrected chi connectivity index (χ4v) is 4.44. The van der Waals surface area contributed by atoms with E-state index in [1.54, 1.807) is 0 Å². The van der Waals surface area contributed by atoms with Crippen molar-refractivity contribution in [1.29, 1.82) is 0 Å². The molecule has 0 aromatic carbocycles. The van der Waals surface area contributed by atoms with Crippen molar-refractivity contribution in [2.75, 3.05) is 0 Å². The van der Waals surface area contributed by atoms with E-state index in [2.05, 4.69) is 15.9 Å². The van der Waals surface area contributed by atoms with Crippen molar-refractivity contribution >= 4 is 49.2 Å². The Morgan fingerprint density at radius 1 is 1.37 bits per heavy atom. The van der Waals surface area contributed by atoms with Crippen LogP contribution in [0, 0.1) is 0 Å². The lowest BCUT2D eigenvalue weighted by Crippen LogP contribution is -2.40. The van der Waals surface area contributed by atoms with Crippen LogP contribution in [0.5, 0.6) is 0 Å². The van der Waals surface area contributed by atoms with E-state index in [1.807, 2.05) is 4.72 Å². The van der Waals surface area contributed by atoms with Crippen molar-refractivity contribution in [1.82, 2.24) is 4.72 Å². The number of sulfonamides is 1. The molecule has 0 spiro atoms. The van der Waals surface area contributed by atoms with Gasteiger partial charge >= 0.3 is 11.9 Å². The van der Waals surface area contributed by atoms with Crippen LogP contribution in [0.25, 0.3) is 0 Å². The first-order valence-electron chi connectivity index (χ1n) is 4.94. The van der Waals surface area contributed by atoms with Crippen LogP contribution in [0.1, 0.15) is 12.8 Å². The normalized spacial score (nSPS) is 13.1. The second kappa shape index (κ2) is 6.46. The number of carbonyl (C=O) groups is 2. The minimum Gasteiger partial charge on any atom is -0.481 e. The Morgan fingerprint density at radius 2 is 2.00 bits per heavy atom. The Morgan fingerprint density at radius 3 is 2.42 bits per heavy atom. The zero-order valence-corrected chi connectivity index (χ0v) is 12.6. The number of carboxylic acids is 2. The summed E-state index contributed by atoms with van der Waals surface area (Å²) in [6.45, 7) is 0. The maximum Gasteiger partial charge on any atom is 0.321 e. The van der Waals surface area contributed by atoms with Crippen LogP contribution < -0.4 is 4.72 Å². The van der Waals surface area contributed by atoms with Crippen LogP contribution in [0.3, 0.4) is 0 Å². The van der Waals surface area contributed by atoms with Gasteiger partial charge in [0.05, 0.1) is 3.79 Å². The molecule has 3 N–H and O–H groups in total. The molecule has 1 heterocycles. The average Bonchev–Trinajstić information content (AvgIpc) is 2.71. The molecule has 10 heteroatoms. The lowest BCUT2D eigenvalue weighted by molar-refractivity contribution is -0.140. The number of nitrogens with one attached hydrogen (secondary N) is 1. The van der Waals surface area contributed by atoms with Crippen LogP contribution in [0.4, 0.5) is 0 Å². The Kier molecular flexibility index (Phi) is 5.47. The van der Waals surface area contributed by atoms with E-state index < -0.39 is 34.4 Å². The smallest absolute Gasteiger partial charge is 0.321 e. The van der Waals surface area contributed by atoms with Gasteiger partial charge in [0.1, 0.15) is 10.3 Å². The van der Waals surface area contributed by atoms with Gasteiger partial charge in [-0.05, 0) is 34.5 Å². The Hall–Kier alpha value is -0.970. The molecule has 0 amide bonds. The van der Waals surface area contributed by atoms with Gasteiger partial charge in [0.25, 0.3) is 10.0 Å². The van der Waals surface area contributed by atoms with Gasteiger partial charge in [-0.25, -0.2) is 8.42 Å². The summed E-state index contributed by atoms with van der Waals surface area (Å²) in [5.41, 5.74) is 0. The SMILES string of the molecule is O=C(O)CC[C@H](NS(=O)(=O)c1ccc(Br)s1)C(=O)O. The molecule has 0 radical (unpaired) electrons. The molecule has 0 aliphatic rings. The largest absolute Gasteiger partial charge is 0.481 e. The van der Waals surface area contributed by atoms with Crippen LogP contribution in [0.15, 0.2) is 20.1 Å². The number of halogens is 1. The molecule has 1 aromatic heterocycles. The maximum absolute atomic E-state index is 11.9. The molecule has 0 unspecified atom stereocenters. The first-order chi connectivity index (χ1) is 8.72. The van der Waals surface area contributed by atoms with Crippen LogP contribution in [0.2, 0.25) is 0 Å². The summed E-state index contributed by atoms with van der Waals surface area (Å²) in [4.78, 5) is 21.3. The summed E-state index contributed by atoms with van der Waals surface area (Å²) in [6, 6.07) is 1.38. The molecule has 0 saturated heterocycles. The van der Waals surface area contributed by atoms with Gasteiger partial charge in [-0.2, -0.15) is 4.72 Å². The van der Waals surface area contributed by atoms with E-state index >= 15 is 0 Å². The topological polar surface area (TPSA) is 121 Å². The zero-order chi connectivity index (χ0) is 14.6. The number of thiophene rings is 1. The predicted octanol–water partition coefficient (Wildman–Crippen LogP) is 1.11. The van der Waals surface area contributed by atoms with Crippen molar-refractivity contribution < 1.29 is 28.2 Å². The summed E-state index contributed by atoms with van der Waals surface area (Å²) < 4.78 is 26.3. The first-order valence-corrected chi connectivity index (χ1v) is 8.04. The van der Waals surface area contributed by atoms with Crippen molar-refractivity contribution in [3.8, 4) is 0 Å². The van der Waals surface area contributed by atoms with Crippen LogP contribution >= 0.6 is 27.3 Å². The number of carboxylic acid groups (broad SMARTS) is 2. The van der Waals surface area contributed by atoms with E-state index in [1.165, 1.54) is 12.1 Å². The van der Waals surface area contributed by atoms with Crippen molar-refractivity contribution in [2.24, 2.45) is 0 Å². The standard InChI is InChI=1S/C9H10BrNO6S2/c10-6-2-4-8(18-6)19(16,17)11-5(9(14)15)1-3-7(12)13/h2,4-5,11H,1,3H2,(H,12,13)(H,14,15)/t5-/m0/s1. The van der Waals surface area contributed by atoms with Crippen LogP contribution in [-0.2, 0) is 19.6 Å². The number of rotatable bonds is 7. The van der Waals surface area contributed by atoms with Gasteiger partial charge in [-0.3, -0.25) is 9.59 Å². The third-order valence-electron chi connectivity index (χ3n) is 2.06. The fourth-order valence-electron chi connectivity index (χ4n) is 1.19. The van der Waals surface area contributed by atoms with Gasteiger partial charge in [0.15, 0.2) is 0 Å². The first kappa shape index (κ1) is 16.1. The summed E-state index contributed by atoms with van der Waals surface area (Å²) >= 11 is 4.03. The van der Waals surface area contributed by atoms with E-state index in [9.17, 15) is 18.0 Å². The van der Waals surface area contributed by atoms with Crippen molar-refractivity contribution in [3.05, 3.63) is 15.9 Å². The van der Waals surface area contributed by atoms with Gasteiger partial charge in [-0.15, -0.1) is 11.3 Å². The van der Waals surface area contributed by atoms with Gasteiger partial charge < -0.3 is 10.2 Å². The molecule has 1 rings (SSSR count). The molecule has 0 aliphatic carbocycles. The van der Waals surface area contributed by atoms with E-state index in [-0.39, 0.29) is 10.6 Å². The van der Waals surface area contributed by atoms with Crippen LogP contribution in [-0.4, -0.2) is 36.6 Å². The molecule has 7 nitrogen and oxygen atoms in total. The van der Waals surface area contributed by atoms with Crippen molar-refractivity contribution in [2.45, 2.75) is 23.1 Å². The highest BCUT2D eigenvalue weighted by Gasteiger charge is 2.26. The molecule has 0 fully saturated rings. The van der Waals surface area contributed by atoms with Gasteiger partial charge in [0.2, 0.25) is 0 Å².